The van der Waals surface area contributed by atoms with Crippen LogP contribution in [0.5, 0.6) is 5.75 Å². The summed E-state index contributed by atoms with van der Waals surface area (Å²) in [4.78, 5) is 16.9. The van der Waals surface area contributed by atoms with Gasteiger partial charge in [-0.3, -0.25) is 4.79 Å². The van der Waals surface area contributed by atoms with Gasteiger partial charge in [0.05, 0.1) is 16.4 Å². The summed E-state index contributed by atoms with van der Waals surface area (Å²) in [6, 6.07) is 10.9. The Morgan fingerprint density at radius 3 is 2.56 bits per heavy atom. The summed E-state index contributed by atoms with van der Waals surface area (Å²) in [5, 5.41) is 4.23. The quantitative estimate of drug-likeness (QED) is 0.810. The zero-order valence-corrected chi connectivity index (χ0v) is 17.0. The Bertz CT molecular complexity index is 821. The monoisotopic (exact) mass is 407 g/mol. The number of benzene rings is 2. The molecule has 1 amide bonds. The second-order valence-corrected chi connectivity index (χ2v) is 7.49. The van der Waals surface area contributed by atoms with E-state index in [1.165, 1.54) is 0 Å². The molecule has 3 rings (SSSR count). The van der Waals surface area contributed by atoms with E-state index in [1.807, 2.05) is 31.2 Å². The number of para-hydroxylation sites is 1. The maximum atomic E-state index is 12.4. The Morgan fingerprint density at radius 1 is 1.11 bits per heavy atom. The summed E-state index contributed by atoms with van der Waals surface area (Å²) in [7, 11) is 2.10. The summed E-state index contributed by atoms with van der Waals surface area (Å²) in [5.74, 6) is 0.373. The molecular weight excluding hydrogens is 385 g/mol. The fourth-order valence-corrected chi connectivity index (χ4v) is 3.42. The number of amides is 1. The fourth-order valence-electron chi connectivity index (χ4n) is 3.01. The lowest BCUT2D eigenvalue weighted by molar-refractivity contribution is -0.118. The topological polar surface area (TPSA) is 44.8 Å². The Kier molecular flexibility index (Phi) is 6.47. The standard InChI is InChI=1S/C20H23Cl2N3O2/c1-14-12-15(6-7-16(14)21)27-13-19(26)23-18-5-3-4-17(22)20(18)25-10-8-24(2)9-11-25/h3-7,12H,8-11,13H2,1-2H3,(H,23,26). The van der Waals surface area contributed by atoms with Crippen molar-refractivity contribution in [3.05, 3.63) is 52.0 Å². The predicted molar refractivity (Wildman–Crippen MR) is 111 cm³/mol. The molecule has 0 bridgehead atoms. The fraction of sp³-hybridized carbons (Fsp3) is 0.350. The minimum atomic E-state index is -0.236. The van der Waals surface area contributed by atoms with Crippen molar-refractivity contribution < 1.29 is 9.53 Å². The molecule has 0 spiro atoms. The Hall–Kier alpha value is -1.95. The summed E-state index contributed by atoms with van der Waals surface area (Å²) >= 11 is 12.4. The van der Waals surface area contributed by atoms with E-state index in [9.17, 15) is 4.79 Å². The number of anilines is 2. The van der Waals surface area contributed by atoms with Crippen molar-refractivity contribution in [1.29, 1.82) is 0 Å². The van der Waals surface area contributed by atoms with Gasteiger partial charge < -0.3 is 19.9 Å². The van der Waals surface area contributed by atoms with Crippen LogP contribution in [0.3, 0.4) is 0 Å². The number of nitrogens with zero attached hydrogens (tertiary/aromatic N) is 2. The second-order valence-electron chi connectivity index (χ2n) is 6.67. The molecule has 1 aliphatic heterocycles. The first-order valence-electron chi connectivity index (χ1n) is 8.85. The Labute approximate surface area is 169 Å². The minimum Gasteiger partial charge on any atom is -0.484 e. The average Bonchev–Trinajstić information content (AvgIpc) is 2.64. The molecule has 0 atom stereocenters. The lowest BCUT2D eigenvalue weighted by Crippen LogP contribution is -2.45. The van der Waals surface area contributed by atoms with Gasteiger partial charge in [0.1, 0.15) is 5.75 Å². The number of likely N-dealkylation sites (N-methyl/N-ethyl adjacent to an activating group) is 1. The third kappa shape index (κ3) is 5.06. The van der Waals surface area contributed by atoms with E-state index in [0.717, 1.165) is 37.4 Å². The summed E-state index contributed by atoms with van der Waals surface area (Å²) in [6.07, 6.45) is 0. The SMILES string of the molecule is Cc1cc(OCC(=O)Nc2cccc(Cl)c2N2CCN(C)CC2)ccc1Cl. The number of aryl methyl sites for hydroxylation is 1. The van der Waals surface area contributed by atoms with Crippen molar-refractivity contribution >= 4 is 40.5 Å². The van der Waals surface area contributed by atoms with Crippen LogP contribution in [-0.4, -0.2) is 50.6 Å². The van der Waals surface area contributed by atoms with Gasteiger partial charge in [-0.05, 0) is 49.9 Å². The van der Waals surface area contributed by atoms with Gasteiger partial charge in [-0.2, -0.15) is 0 Å². The normalized spacial score (nSPS) is 14.9. The number of rotatable bonds is 5. The molecule has 0 aromatic heterocycles. The van der Waals surface area contributed by atoms with Gasteiger partial charge in [0, 0.05) is 31.2 Å². The van der Waals surface area contributed by atoms with Crippen molar-refractivity contribution in [3.8, 4) is 5.75 Å². The predicted octanol–water partition coefficient (Wildman–Crippen LogP) is 4.07. The first-order valence-corrected chi connectivity index (χ1v) is 9.60. The molecule has 0 saturated carbocycles. The van der Waals surface area contributed by atoms with Gasteiger partial charge in [-0.15, -0.1) is 0 Å². The molecule has 1 fully saturated rings. The molecule has 0 aliphatic carbocycles. The molecule has 2 aromatic carbocycles. The van der Waals surface area contributed by atoms with Crippen LogP contribution in [0.25, 0.3) is 0 Å². The van der Waals surface area contributed by atoms with Crippen molar-refractivity contribution in [2.45, 2.75) is 6.92 Å². The molecule has 2 aromatic rings. The zero-order valence-electron chi connectivity index (χ0n) is 15.5. The highest BCUT2D eigenvalue weighted by Gasteiger charge is 2.20. The highest BCUT2D eigenvalue weighted by Crippen LogP contribution is 2.34. The van der Waals surface area contributed by atoms with Gasteiger partial charge in [0.2, 0.25) is 0 Å². The lowest BCUT2D eigenvalue weighted by Gasteiger charge is -2.35. The number of piperazine rings is 1. The van der Waals surface area contributed by atoms with Crippen molar-refractivity contribution in [2.24, 2.45) is 0 Å². The maximum absolute atomic E-state index is 12.4. The number of hydrogen-bond donors (Lipinski definition) is 1. The third-order valence-electron chi connectivity index (χ3n) is 4.58. The van der Waals surface area contributed by atoms with Crippen LogP contribution >= 0.6 is 23.2 Å². The third-order valence-corrected chi connectivity index (χ3v) is 5.31. The number of halogens is 2. The van der Waals surface area contributed by atoms with Crippen molar-refractivity contribution in [1.82, 2.24) is 4.90 Å². The number of nitrogens with one attached hydrogen (secondary N) is 1. The van der Waals surface area contributed by atoms with E-state index in [-0.39, 0.29) is 12.5 Å². The molecule has 1 saturated heterocycles. The summed E-state index contributed by atoms with van der Waals surface area (Å²) in [5.41, 5.74) is 2.47. The van der Waals surface area contributed by atoms with Crippen LogP contribution in [0.2, 0.25) is 10.0 Å². The highest BCUT2D eigenvalue weighted by molar-refractivity contribution is 6.34. The first-order chi connectivity index (χ1) is 12.9. The smallest absolute Gasteiger partial charge is 0.262 e. The van der Waals surface area contributed by atoms with Crippen LogP contribution in [-0.2, 0) is 4.79 Å². The van der Waals surface area contributed by atoms with Gasteiger partial charge in [0.25, 0.3) is 5.91 Å². The summed E-state index contributed by atoms with van der Waals surface area (Å²) in [6.45, 7) is 5.45. The van der Waals surface area contributed by atoms with E-state index < -0.39 is 0 Å². The second kappa shape index (κ2) is 8.83. The van der Waals surface area contributed by atoms with Gasteiger partial charge in [-0.25, -0.2) is 0 Å². The molecule has 1 heterocycles. The van der Waals surface area contributed by atoms with E-state index in [2.05, 4.69) is 22.2 Å². The van der Waals surface area contributed by atoms with E-state index in [4.69, 9.17) is 27.9 Å². The Morgan fingerprint density at radius 2 is 1.85 bits per heavy atom. The van der Waals surface area contributed by atoms with Crippen LogP contribution in [0.4, 0.5) is 11.4 Å². The van der Waals surface area contributed by atoms with Crippen LogP contribution in [0, 0.1) is 6.92 Å². The Balaban J connectivity index is 1.67. The van der Waals surface area contributed by atoms with E-state index >= 15 is 0 Å². The molecule has 0 unspecified atom stereocenters. The van der Waals surface area contributed by atoms with E-state index in [0.29, 0.717) is 21.5 Å². The molecule has 0 radical (unpaired) electrons. The van der Waals surface area contributed by atoms with Gasteiger partial charge >= 0.3 is 0 Å². The molecular formula is C20H23Cl2N3O2. The molecule has 144 valence electrons. The molecule has 7 heteroatoms. The largest absolute Gasteiger partial charge is 0.484 e. The summed E-state index contributed by atoms with van der Waals surface area (Å²) < 4.78 is 5.58. The highest BCUT2D eigenvalue weighted by atomic mass is 35.5. The van der Waals surface area contributed by atoms with Gasteiger partial charge in [0.15, 0.2) is 6.61 Å². The maximum Gasteiger partial charge on any atom is 0.262 e. The molecule has 1 N–H and O–H groups in total. The van der Waals surface area contributed by atoms with E-state index in [1.54, 1.807) is 12.1 Å². The van der Waals surface area contributed by atoms with Crippen LogP contribution < -0.4 is 15.0 Å². The van der Waals surface area contributed by atoms with Crippen LogP contribution in [0.15, 0.2) is 36.4 Å². The minimum absolute atomic E-state index is 0.0875. The number of carbonyl (C=O) groups excluding carboxylic acids is 1. The molecule has 5 nitrogen and oxygen atoms in total. The zero-order chi connectivity index (χ0) is 19.4. The van der Waals surface area contributed by atoms with Gasteiger partial charge in [-0.1, -0.05) is 29.3 Å². The molecule has 27 heavy (non-hydrogen) atoms. The first kappa shape index (κ1) is 19.8. The number of carbonyl (C=O) groups is 1. The number of ether oxygens (including phenoxy) is 1. The lowest BCUT2D eigenvalue weighted by atomic mass is 10.2. The van der Waals surface area contributed by atoms with Crippen molar-refractivity contribution in [3.63, 3.8) is 0 Å². The van der Waals surface area contributed by atoms with Crippen LogP contribution in [0.1, 0.15) is 5.56 Å². The molecule has 1 aliphatic rings. The van der Waals surface area contributed by atoms with Crippen molar-refractivity contribution in [2.75, 3.05) is 50.1 Å². The average molecular weight is 408 g/mol. The number of hydrogen-bond acceptors (Lipinski definition) is 4.